The average molecular weight is 659 g/mol. The number of likely N-dealkylation sites (N-methyl/N-ethyl adjacent to an activating group) is 1. The normalized spacial score (nSPS) is 18.2. The molecule has 0 aliphatic carbocycles. The number of piperazine rings is 1. The van der Waals surface area contributed by atoms with Crippen molar-refractivity contribution in [2.45, 2.75) is 38.3 Å². The number of para-hydroxylation sites is 2. The molecule has 4 aromatic carbocycles. The van der Waals surface area contributed by atoms with Crippen molar-refractivity contribution in [3.8, 4) is 5.75 Å². The first-order chi connectivity index (χ1) is 23.8. The van der Waals surface area contributed by atoms with Crippen LogP contribution in [0.3, 0.4) is 0 Å². The standard InChI is InChI=1S/C37H38N8O4/c1-41-24-34(47)44-32(18-25-14-16-30(46)17-15-25)36(48)42(23-33(44)45(41)37(49)39-19-26-8-3-2-4-9-26)21-29-12-7-11-27-20-40-43(35(27)29)22-28-10-5-6-13-31(28)38/h2-17,20,32-33,46H,18-19,21-24,38H2,1H3,(H,39,49)/t32-,33-/m0/s1. The van der Waals surface area contributed by atoms with Gasteiger partial charge < -0.3 is 26.0 Å². The molecule has 2 saturated heterocycles. The number of phenolic OH excluding ortho intramolecular Hbond substituents is 1. The van der Waals surface area contributed by atoms with E-state index in [4.69, 9.17) is 5.73 Å². The molecule has 2 aliphatic rings. The number of benzene rings is 4. The van der Waals surface area contributed by atoms with Gasteiger partial charge in [-0.3, -0.25) is 14.3 Å². The molecular formula is C37H38N8O4. The smallest absolute Gasteiger partial charge is 0.334 e. The number of hydrazine groups is 1. The van der Waals surface area contributed by atoms with Crippen LogP contribution >= 0.6 is 0 Å². The number of carbonyl (C=O) groups excluding carboxylic acids is 3. The van der Waals surface area contributed by atoms with Crippen LogP contribution in [-0.4, -0.2) is 84.9 Å². The van der Waals surface area contributed by atoms with Crippen LogP contribution in [0.5, 0.6) is 5.75 Å². The van der Waals surface area contributed by atoms with Gasteiger partial charge >= 0.3 is 6.03 Å². The zero-order valence-corrected chi connectivity index (χ0v) is 27.1. The third-order valence-corrected chi connectivity index (χ3v) is 9.28. The average Bonchev–Trinajstić information content (AvgIpc) is 3.51. The molecule has 12 heteroatoms. The van der Waals surface area contributed by atoms with Crippen LogP contribution < -0.4 is 11.1 Å². The number of nitrogens with one attached hydrogen (secondary N) is 1. The summed E-state index contributed by atoms with van der Waals surface area (Å²) in [6.07, 6.45) is 1.27. The Morgan fingerprint density at radius 2 is 1.63 bits per heavy atom. The van der Waals surface area contributed by atoms with E-state index in [1.807, 2.05) is 77.5 Å². The summed E-state index contributed by atoms with van der Waals surface area (Å²) in [7, 11) is 1.71. The van der Waals surface area contributed by atoms with E-state index in [0.29, 0.717) is 18.8 Å². The number of phenols is 1. The molecule has 7 rings (SSSR count). The third-order valence-electron chi connectivity index (χ3n) is 9.28. The number of fused-ring (bicyclic) bond motifs is 2. The van der Waals surface area contributed by atoms with Gasteiger partial charge in [0.15, 0.2) is 0 Å². The highest BCUT2D eigenvalue weighted by molar-refractivity contribution is 5.92. The lowest BCUT2D eigenvalue weighted by atomic mass is 9.98. The van der Waals surface area contributed by atoms with E-state index in [-0.39, 0.29) is 49.7 Å². The van der Waals surface area contributed by atoms with E-state index in [9.17, 15) is 19.5 Å². The number of amides is 4. The summed E-state index contributed by atoms with van der Waals surface area (Å²) in [6.45, 7) is 1.05. The molecule has 1 aromatic heterocycles. The molecule has 0 bridgehead atoms. The molecule has 5 aromatic rings. The zero-order chi connectivity index (χ0) is 34.1. The molecule has 4 N–H and O–H groups in total. The van der Waals surface area contributed by atoms with Crippen molar-refractivity contribution < 1.29 is 19.5 Å². The first-order valence-corrected chi connectivity index (χ1v) is 16.2. The maximum atomic E-state index is 14.5. The summed E-state index contributed by atoms with van der Waals surface area (Å²) in [5.74, 6) is -0.351. The van der Waals surface area contributed by atoms with Gasteiger partial charge in [0, 0.05) is 37.6 Å². The summed E-state index contributed by atoms with van der Waals surface area (Å²) in [6, 6.07) is 28.5. The highest BCUT2D eigenvalue weighted by atomic mass is 16.3. The van der Waals surface area contributed by atoms with Gasteiger partial charge in [-0.05, 0) is 40.5 Å². The van der Waals surface area contributed by atoms with Gasteiger partial charge in [-0.25, -0.2) is 14.8 Å². The van der Waals surface area contributed by atoms with Gasteiger partial charge in [-0.2, -0.15) is 5.10 Å². The topological polar surface area (TPSA) is 140 Å². The van der Waals surface area contributed by atoms with Gasteiger partial charge in [0.25, 0.3) is 0 Å². The molecule has 2 atom stereocenters. The first-order valence-electron chi connectivity index (χ1n) is 16.2. The van der Waals surface area contributed by atoms with E-state index >= 15 is 0 Å². The Balaban J connectivity index is 1.23. The fraction of sp³-hybridized carbons (Fsp3) is 0.243. The number of nitrogens with two attached hydrogens (primary N) is 1. The second-order valence-electron chi connectivity index (χ2n) is 12.5. The van der Waals surface area contributed by atoms with Gasteiger partial charge in [0.1, 0.15) is 18.0 Å². The summed E-state index contributed by atoms with van der Waals surface area (Å²) in [5.41, 5.74) is 11.4. The van der Waals surface area contributed by atoms with E-state index in [1.165, 1.54) is 0 Å². The number of rotatable bonds is 8. The van der Waals surface area contributed by atoms with Crippen LogP contribution in [0.15, 0.2) is 103 Å². The molecule has 0 unspecified atom stereocenters. The zero-order valence-electron chi connectivity index (χ0n) is 27.1. The van der Waals surface area contributed by atoms with Crippen molar-refractivity contribution in [1.82, 2.24) is 34.9 Å². The first kappa shape index (κ1) is 31.7. The minimum absolute atomic E-state index is 0.0598. The molecule has 49 heavy (non-hydrogen) atoms. The summed E-state index contributed by atoms with van der Waals surface area (Å²) in [4.78, 5) is 45.4. The Kier molecular flexibility index (Phi) is 8.62. The summed E-state index contributed by atoms with van der Waals surface area (Å²) >= 11 is 0. The molecule has 250 valence electrons. The van der Waals surface area contributed by atoms with Crippen LogP contribution in [0, 0.1) is 0 Å². The molecule has 0 saturated carbocycles. The van der Waals surface area contributed by atoms with E-state index in [2.05, 4.69) is 10.4 Å². The van der Waals surface area contributed by atoms with E-state index in [1.54, 1.807) is 57.3 Å². The molecule has 4 amide bonds. The van der Waals surface area contributed by atoms with E-state index in [0.717, 1.165) is 33.2 Å². The second-order valence-corrected chi connectivity index (χ2v) is 12.5. The SMILES string of the molecule is CN1CC(=O)N2[C@@H](Cc3ccc(O)cc3)C(=O)N(Cc3cccc4cnn(Cc5ccccc5N)c34)C[C@@H]2N1C(=O)NCc1ccccc1. The maximum absolute atomic E-state index is 14.5. The number of hydrogen-bond donors (Lipinski definition) is 3. The molecule has 3 heterocycles. The predicted molar refractivity (Wildman–Crippen MR) is 184 cm³/mol. The lowest BCUT2D eigenvalue weighted by molar-refractivity contribution is -0.187. The lowest BCUT2D eigenvalue weighted by Crippen LogP contribution is -2.76. The van der Waals surface area contributed by atoms with Crippen LogP contribution in [0.2, 0.25) is 0 Å². The minimum atomic E-state index is -0.873. The number of aromatic nitrogens is 2. The minimum Gasteiger partial charge on any atom is -0.508 e. The van der Waals surface area contributed by atoms with Gasteiger partial charge in [-0.15, -0.1) is 0 Å². The predicted octanol–water partition coefficient (Wildman–Crippen LogP) is 3.55. The van der Waals surface area contributed by atoms with E-state index < -0.39 is 12.2 Å². The summed E-state index contributed by atoms with van der Waals surface area (Å²) < 4.78 is 1.90. The Bertz CT molecular complexity index is 2000. The van der Waals surface area contributed by atoms with Crippen LogP contribution in [0.25, 0.3) is 10.9 Å². The number of hydrogen-bond acceptors (Lipinski definition) is 7. The number of carbonyl (C=O) groups is 3. The quantitative estimate of drug-likeness (QED) is 0.217. The molecule has 2 aliphatic heterocycles. The fourth-order valence-electron chi connectivity index (χ4n) is 6.87. The number of nitrogens with zero attached hydrogens (tertiary/aromatic N) is 6. The Labute approximate surface area is 283 Å². The highest BCUT2D eigenvalue weighted by Gasteiger charge is 2.50. The van der Waals surface area contributed by atoms with Gasteiger partial charge in [0.2, 0.25) is 11.8 Å². The van der Waals surface area contributed by atoms with Crippen molar-refractivity contribution in [2.24, 2.45) is 0 Å². The number of aromatic hydroxyl groups is 1. The highest BCUT2D eigenvalue weighted by Crippen LogP contribution is 2.30. The Morgan fingerprint density at radius 3 is 2.41 bits per heavy atom. The Morgan fingerprint density at radius 1 is 0.898 bits per heavy atom. The molecule has 0 spiro atoms. The molecular weight excluding hydrogens is 620 g/mol. The maximum Gasteiger partial charge on any atom is 0.334 e. The van der Waals surface area contributed by atoms with Crippen molar-refractivity contribution in [3.63, 3.8) is 0 Å². The third kappa shape index (κ3) is 6.38. The molecule has 2 fully saturated rings. The van der Waals surface area contributed by atoms with Crippen molar-refractivity contribution in [3.05, 3.63) is 126 Å². The number of anilines is 1. The van der Waals surface area contributed by atoms with Crippen LogP contribution in [0.4, 0.5) is 10.5 Å². The molecule has 0 radical (unpaired) electrons. The number of nitrogen functional groups attached to an aromatic ring is 1. The van der Waals surface area contributed by atoms with Gasteiger partial charge in [0.05, 0.1) is 31.3 Å². The van der Waals surface area contributed by atoms with Gasteiger partial charge in [-0.1, -0.05) is 78.9 Å². The lowest BCUT2D eigenvalue weighted by Gasteiger charge is -2.54. The largest absolute Gasteiger partial charge is 0.508 e. The van der Waals surface area contributed by atoms with Crippen molar-refractivity contribution in [1.29, 1.82) is 0 Å². The molecule has 12 nitrogen and oxygen atoms in total. The Hall–Kier alpha value is -5.88. The fourth-order valence-corrected chi connectivity index (χ4v) is 6.87. The van der Waals surface area contributed by atoms with Crippen molar-refractivity contribution >= 4 is 34.4 Å². The van der Waals surface area contributed by atoms with Crippen molar-refractivity contribution in [2.75, 3.05) is 25.9 Å². The number of urea groups is 1. The second kappa shape index (κ2) is 13.3. The van der Waals surface area contributed by atoms with Crippen LogP contribution in [-0.2, 0) is 35.6 Å². The summed E-state index contributed by atoms with van der Waals surface area (Å²) in [5, 5.41) is 21.7. The van der Waals surface area contributed by atoms with Crippen LogP contribution in [0.1, 0.15) is 22.3 Å². The monoisotopic (exact) mass is 658 g/mol.